The fourth-order valence-electron chi connectivity index (χ4n) is 0.706. The van der Waals surface area contributed by atoms with E-state index in [0.29, 0.717) is 12.8 Å². The summed E-state index contributed by atoms with van der Waals surface area (Å²) in [7, 11) is 1.56. The largest absolute Gasteiger partial charge is 0.362 e. The molecule has 0 rings (SSSR count). The average Bonchev–Trinajstić information content (AvgIpc) is 2.36. The highest BCUT2D eigenvalue weighted by molar-refractivity contribution is 9.11. The van der Waals surface area contributed by atoms with Crippen molar-refractivity contribution in [1.82, 2.24) is 5.32 Å². The number of nitrogens with one attached hydrogen (secondary N) is 1. The van der Waals surface area contributed by atoms with Crippen LogP contribution < -0.4 is 5.32 Å². The van der Waals surface area contributed by atoms with Crippen LogP contribution in [0.2, 0.25) is 0 Å². The number of rotatable bonds is 7. The van der Waals surface area contributed by atoms with Gasteiger partial charge in [0.25, 0.3) is 0 Å². The number of allylic oxidation sites excluding steroid dienone is 6. The maximum atomic E-state index is 9.97. The molecule has 0 saturated carbocycles. The first kappa shape index (κ1) is 18.2. The highest BCUT2D eigenvalue weighted by Crippen LogP contribution is 2.07. The van der Waals surface area contributed by atoms with Crippen LogP contribution in [0.3, 0.4) is 0 Å². The smallest absolute Gasteiger partial charge is 0.206 e. The number of unbranched alkanes of at least 4 members (excludes halogenated alkanes) is 1. The Morgan fingerprint density at radius 3 is 2.35 bits per heavy atom. The summed E-state index contributed by atoms with van der Waals surface area (Å²) in [4.78, 5) is 19.0. The van der Waals surface area contributed by atoms with Gasteiger partial charge in [0.05, 0.1) is 0 Å². The molecule has 96 valence electrons. The fourth-order valence-corrected chi connectivity index (χ4v) is 1.05. The normalized spacial score (nSPS) is 11.1. The van der Waals surface area contributed by atoms with Gasteiger partial charge in [-0.3, -0.25) is 4.79 Å². The Morgan fingerprint density at radius 2 is 1.88 bits per heavy atom. The van der Waals surface area contributed by atoms with Crippen molar-refractivity contribution < 1.29 is 9.59 Å². The molecule has 17 heavy (non-hydrogen) atoms. The molecule has 0 fully saturated rings. The number of carbonyl (C=O) groups is 2. The molecule has 0 saturated heterocycles. The van der Waals surface area contributed by atoms with Crippen molar-refractivity contribution >= 4 is 28.6 Å². The van der Waals surface area contributed by atoms with Crippen molar-refractivity contribution in [2.45, 2.75) is 26.2 Å². The molecular weight excluding hydrogens is 282 g/mol. The zero-order valence-electron chi connectivity index (χ0n) is 10.4. The standard InChI is InChI=1S/C11H15BrO.C2H5NO/c1-2-3-8-11(12)9-6-4-5-7-10-13;1-3-2-4/h3-4,6,8-10H,2,5,7H2,1H3;2H,1H3,(H,3,4)/b6-4-,8-3+,11-9+;. The number of hydrogen-bond acceptors (Lipinski definition) is 2. The molecule has 1 N–H and O–H groups in total. The second-order valence-electron chi connectivity index (χ2n) is 2.94. The monoisotopic (exact) mass is 301 g/mol. The molecule has 1 amide bonds. The van der Waals surface area contributed by atoms with Crippen molar-refractivity contribution in [2.24, 2.45) is 0 Å². The first-order chi connectivity index (χ1) is 8.22. The Bertz CT molecular complexity index is 271. The summed E-state index contributed by atoms with van der Waals surface area (Å²) in [6.45, 7) is 2.09. The van der Waals surface area contributed by atoms with E-state index >= 15 is 0 Å². The maximum absolute atomic E-state index is 9.97. The van der Waals surface area contributed by atoms with E-state index in [-0.39, 0.29) is 0 Å². The summed E-state index contributed by atoms with van der Waals surface area (Å²) in [6, 6.07) is 0. The first-order valence-corrected chi connectivity index (χ1v) is 6.25. The molecule has 0 spiro atoms. The number of halogens is 1. The second kappa shape index (κ2) is 17.2. The van der Waals surface area contributed by atoms with Gasteiger partial charge in [-0.1, -0.05) is 47.2 Å². The lowest BCUT2D eigenvalue weighted by Gasteiger charge is -1.85. The zero-order chi connectivity index (χ0) is 13.4. The molecule has 4 heteroatoms. The highest BCUT2D eigenvalue weighted by Gasteiger charge is 1.80. The Labute approximate surface area is 112 Å². The predicted octanol–water partition coefficient (Wildman–Crippen LogP) is 3.13. The summed E-state index contributed by atoms with van der Waals surface area (Å²) in [5.41, 5.74) is 0. The van der Waals surface area contributed by atoms with Crippen LogP contribution in [0.25, 0.3) is 0 Å². The SMILES string of the molecule is CC/C=C/C(Br)=C\C=C/CCC=O.CNC=O. The van der Waals surface area contributed by atoms with E-state index in [9.17, 15) is 4.79 Å². The Morgan fingerprint density at radius 1 is 1.24 bits per heavy atom. The lowest BCUT2D eigenvalue weighted by atomic mass is 10.3. The topological polar surface area (TPSA) is 46.2 Å². The molecular formula is C13H20BrNO2. The molecule has 0 atom stereocenters. The molecule has 0 radical (unpaired) electrons. The van der Waals surface area contributed by atoms with Gasteiger partial charge in [-0.15, -0.1) is 0 Å². The molecule has 0 aromatic heterocycles. The minimum atomic E-state index is 0.604. The number of hydrogen-bond donors (Lipinski definition) is 1. The van der Waals surface area contributed by atoms with Gasteiger partial charge in [0.15, 0.2) is 0 Å². The van der Waals surface area contributed by atoms with Gasteiger partial charge in [0.1, 0.15) is 6.29 Å². The van der Waals surface area contributed by atoms with Crippen molar-refractivity contribution in [3.8, 4) is 0 Å². The van der Waals surface area contributed by atoms with E-state index < -0.39 is 0 Å². The van der Waals surface area contributed by atoms with Gasteiger partial charge in [0, 0.05) is 18.0 Å². The van der Waals surface area contributed by atoms with E-state index in [0.717, 1.165) is 23.6 Å². The van der Waals surface area contributed by atoms with Crippen LogP contribution >= 0.6 is 15.9 Å². The van der Waals surface area contributed by atoms with Gasteiger partial charge in [-0.25, -0.2) is 0 Å². The molecule has 0 aromatic rings. The lowest BCUT2D eigenvalue weighted by molar-refractivity contribution is -0.109. The van der Waals surface area contributed by atoms with E-state index in [1.807, 2.05) is 24.3 Å². The van der Waals surface area contributed by atoms with Crippen molar-refractivity contribution in [2.75, 3.05) is 7.05 Å². The van der Waals surface area contributed by atoms with Crippen molar-refractivity contribution in [1.29, 1.82) is 0 Å². The van der Waals surface area contributed by atoms with Crippen LogP contribution in [-0.2, 0) is 9.59 Å². The molecule has 0 aromatic carbocycles. The van der Waals surface area contributed by atoms with Crippen LogP contribution in [0, 0.1) is 0 Å². The average molecular weight is 302 g/mol. The number of aldehydes is 1. The predicted molar refractivity (Wildman–Crippen MR) is 76.0 cm³/mol. The molecule has 0 aliphatic heterocycles. The van der Waals surface area contributed by atoms with Crippen LogP contribution in [-0.4, -0.2) is 19.7 Å². The summed E-state index contributed by atoms with van der Waals surface area (Å²) < 4.78 is 1.05. The van der Waals surface area contributed by atoms with E-state index in [4.69, 9.17) is 4.79 Å². The summed E-state index contributed by atoms with van der Waals surface area (Å²) in [6.07, 6.45) is 14.0. The molecule has 0 unspecified atom stereocenters. The molecule has 0 bridgehead atoms. The highest BCUT2D eigenvalue weighted by atomic mass is 79.9. The number of carbonyl (C=O) groups excluding carboxylic acids is 2. The minimum absolute atomic E-state index is 0.604. The van der Waals surface area contributed by atoms with Crippen LogP contribution in [0.4, 0.5) is 0 Å². The van der Waals surface area contributed by atoms with E-state index in [1.54, 1.807) is 7.05 Å². The lowest BCUT2D eigenvalue weighted by Crippen LogP contribution is -1.98. The third-order valence-electron chi connectivity index (χ3n) is 1.47. The third-order valence-corrected chi connectivity index (χ3v) is 2.00. The fraction of sp³-hybridized carbons (Fsp3) is 0.385. The van der Waals surface area contributed by atoms with Crippen molar-refractivity contribution in [3.05, 3.63) is 34.9 Å². The summed E-state index contributed by atoms with van der Waals surface area (Å²) >= 11 is 3.40. The summed E-state index contributed by atoms with van der Waals surface area (Å²) in [5, 5.41) is 2.25. The van der Waals surface area contributed by atoms with Gasteiger partial charge in [0.2, 0.25) is 6.41 Å². The van der Waals surface area contributed by atoms with Crippen LogP contribution in [0.15, 0.2) is 34.9 Å². The quantitative estimate of drug-likeness (QED) is 0.446. The Kier molecular flexibility index (Phi) is 18.5. The van der Waals surface area contributed by atoms with Gasteiger partial charge in [-0.05, 0) is 18.9 Å². The molecule has 0 aliphatic carbocycles. The van der Waals surface area contributed by atoms with E-state index in [2.05, 4.69) is 34.2 Å². The minimum Gasteiger partial charge on any atom is -0.362 e. The van der Waals surface area contributed by atoms with Gasteiger partial charge < -0.3 is 10.1 Å². The van der Waals surface area contributed by atoms with Crippen LogP contribution in [0.1, 0.15) is 26.2 Å². The van der Waals surface area contributed by atoms with Gasteiger partial charge in [-0.2, -0.15) is 0 Å². The maximum Gasteiger partial charge on any atom is 0.206 e. The van der Waals surface area contributed by atoms with Crippen LogP contribution in [0.5, 0.6) is 0 Å². The van der Waals surface area contributed by atoms with Gasteiger partial charge >= 0.3 is 0 Å². The first-order valence-electron chi connectivity index (χ1n) is 5.46. The Balaban J connectivity index is 0. The number of amides is 1. The second-order valence-corrected chi connectivity index (χ2v) is 3.86. The molecule has 0 aliphatic rings. The molecule has 3 nitrogen and oxygen atoms in total. The Hall–Kier alpha value is -1.16. The molecule has 0 heterocycles. The van der Waals surface area contributed by atoms with E-state index in [1.165, 1.54) is 0 Å². The summed E-state index contributed by atoms with van der Waals surface area (Å²) in [5.74, 6) is 0. The van der Waals surface area contributed by atoms with Crippen molar-refractivity contribution in [3.63, 3.8) is 0 Å². The third kappa shape index (κ3) is 20.8. The zero-order valence-corrected chi connectivity index (χ0v) is 11.9.